The van der Waals surface area contributed by atoms with Crippen molar-refractivity contribution in [1.29, 1.82) is 0 Å². The van der Waals surface area contributed by atoms with Crippen molar-refractivity contribution in [2.24, 2.45) is 10.8 Å². The van der Waals surface area contributed by atoms with Crippen molar-refractivity contribution in [2.75, 3.05) is 0 Å². The highest BCUT2D eigenvalue weighted by atomic mass is 32.1. The van der Waals surface area contributed by atoms with Crippen molar-refractivity contribution in [3.8, 4) is 16.9 Å². The lowest BCUT2D eigenvalue weighted by molar-refractivity contribution is 0.477. The molecule has 0 atom stereocenters. The van der Waals surface area contributed by atoms with E-state index in [1.54, 1.807) is 18.3 Å². The van der Waals surface area contributed by atoms with Crippen LogP contribution in [0.4, 0.5) is 0 Å². The van der Waals surface area contributed by atoms with Gasteiger partial charge < -0.3 is 10.8 Å². The second-order valence-electron chi connectivity index (χ2n) is 3.87. The van der Waals surface area contributed by atoms with E-state index in [0.29, 0.717) is 0 Å². The van der Waals surface area contributed by atoms with Crippen LogP contribution in [0, 0.1) is 0 Å². The lowest BCUT2D eigenvalue weighted by Gasteiger charge is -2.04. The highest BCUT2D eigenvalue weighted by molar-refractivity contribution is 7.80. The second kappa shape index (κ2) is 5.97. The first-order valence-corrected chi connectivity index (χ1v) is 6.04. The van der Waals surface area contributed by atoms with Crippen LogP contribution in [0.1, 0.15) is 5.56 Å². The summed E-state index contributed by atoms with van der Waals surface area (Å²) in [6.07, 6.45) is 1.62. The number of nitrogens with one attached hydrogen (secondary N) is 1. The van der Waals surface area contributed by atoms with E-state index in [1.807, 2.05) is 36.4 Å². The van der Waals surface area contributed by atoms with Crippen molar-refractivity contribution in [3.05, 3.63) is 54.1 Å². The number of aromatic hydroxyl groups is 1. The van der Waals surface area contributed by atoms with Crippen molar-refractivity contribution >= 4 is 23.5 Å². The number of benzene rings is 2. The number of hydrogen-bond donors (Lipinski definition) is 3. The van der Waals surface area contributed by atoms with E-state index in [9.17, 15) is 5.11 Å². The van der Waals surface area contributed by atoms with Crippen LogP contribution in [-0.2, 0) is 0 Å². The fraction of sp³-hybridized carbons (Fsp3) is 0. The molecule has 2 rings (SSSR count). The Hall–Kier alpha value is -2.40. The number of rotatable bonds is 3. The van der Waals surface area contributed by atoms with Gasteiger partial charge in [0.05, 0.1) is 6.21 Å². The number of para-hydroxylation sites is 1. The van der Waals surface area contributed by atoms with Gasteiger partial charge in [-0.15, -0.1) is 0 Å². The van der Waals surface area contributed by atoms with Crippen LogP contribution >= 0.6 is 12.2 Å². The average Bonchev–Trinajstić information content (AvgIpc) is 2.40. The molecular weight excluding hydrogens is 258 g/mol. The van der Waals surface area contributed by atoms with Crippen LogP contribution in [0.3, 0.4) is 0 Å². The summed E-state index contributed by atoms with van der Waals surface area (Å²) in [6, 6.07) is 14.8. The SMILES string of the molecule is NC(=S)NN=Cc1ccc(-c2ccccc2O)cc1. The van der Waals surface area contributed by atoms with E-state index in [2.05, 4.69) is 22.7 Å². The molecule has 0 aliphatic rings. The number of phenolic OH excluding ortho intramolecular Hbond substituents is 1. The van der Waals surface area contributed by atoms with Gasteiger partial charge in [-0.1, -0.05) is 42.5 Å². The third-order valence-corrected chi connectivity index (χ3v) is 2.61. The van der Waals surface area contributed by atoms with Crippen LogP contribution in [0.2, 0.25) is 0 Å². The zero-order valence-corrected chi connectivity index (χ0v) is 10.9. The summed E-state index contributed by atoms with van der Waals surface area (Å²) in [5.74, 6) is 0.263. The second-order valence-corrected chi connectivity index (χ2v) is 4.31. The molecule has 2 aromatic carbocycles. The molecule has 0 heterocycles. The minimum Gasteiger partial charge on any atom is -0.507 e. The largest absolute Gasteiger partial charge is 0.507 e. The molecule has 0 fully saturated rings. The van der Waals surface area contributed by atoms with Crippen LogP contribution in [0.15, 0.2) is 53.6 Å². The van der Waals surface area contributed by atoms with E-state index < -0.39 is 0 Å². The predicted molar refractivity (Wildman–Crippen MR) is 81.1 cm³/mol. The summed E-state index contributed by atoms with van der Waals surface area (Å²) in [5, 5.41) is 13.8. The third-order valence-electron chi connectivity index (χ3n) is 2.51. The van der Waals surface area contributed by atoms with Gasteiger partial charge in [0.25, 0.3) is 0 Å². The van der Waals surface area contributed by atoms with Gasteiger partial charge in [-0.25, -0.2) is 0 Å². The molecule has 0 unspecified atom stereocenters. The minimum atomic E-state index is 0.127. The highest BCUT2D eigenvalue weighted by Gasteiger charge is 2.02. The molecule has 0 spiro atoms. The number of nitrogens with two attached hydrogens (primary N) is 1. The normalized spacial score (nSPS) is 10.5. The van der Waals surface area contributed by atoms with Crippen molar-refractivity contribution < 1.29 is 5.11 Å². The molecule has 96 valence electrons. The molecule has 19 heavy (non-hydrogen) atoms. The fourth-order valence-electron chi connectivity index (χ4n) is 1.64. The minimum absolute atomic E-state index is 0.127. The zero-order chi connectivity index (χ0) is 13.7. The summed E-state index contributed by atoms with van der Waals surface area (Å²) in [7, 11) is 0. The maximum absolute atomic E-state index is 9.77. The van der Waals surface area contributed by atoms with Crippen LogP contribution in [0.25, 0.3) is 11.1 Å². The Labute approximate surface area is 116 Å². The van der Waals surface area contributed by atoms with Gasteiger partial charge in [0.1, 0.15) is 5.75 Å². The molecule has 4 N–H and O–H groups in total. The van der Waals surface area contributed by atoms with E-state index in [1.165, 1.54) is 0 Å². The molecule has 4 nitrogen and oxygen atoms in total. The van der Waals surface area contributed by atoms with E-state index in [4.69, 9.17) is 5.73 Å². The Bertz CT molecular complexity index is 608. The Kier molecular flexibility index (Phi) is 4.10. The smallest absolute Gasteiger partial charge is 0.184 e. The Morgan fingerprint density at radius 3 is 2.47 bits per heavy atom. The monoisotopic (exact) mass is 271 g/mol. The Morgan fingerprint density at radius 1 is 1.16 bits per heavy atom. The maximum Gasteiger partial charge on any atom is 0.184 e. The van der Waals surface area contributed by atoms with Gasteiger partial charge >= 0.3 is 0 Å². The standard InChI is InChI=1S/C14H13N3OS/c15-14(19)17-16-9-10-5-7-11(8-6-10)12-3-1-2-4-13(12)18/h1-9,18H,(H3,15,17,19). The van der Waals surface area contributed by atoms with Gasteiger partial charge in [-0.05, 0) is 29.4 Å². The van der Waals surface area contributed by atoms with Gasteiger partial charge in [0.15, 0.2) is 5.11 Å². The molecule has 5 heteroatoms. The van der Waals surface area contributed by atoms with Crippen LogP contribution in [0.5, 0.6) is 5.75 Å². The number of hydrogen-bond acceptors (Lipinski definition) is 3. The van der Waals surface area contributed by atoms with E-state index in [0.717, 1.165) is 16.7 Å². The Morgan fingerprint density at radius 2 is 1.84 bits per heavy atom. The summed E-state index contributed by atoms with van der Waals surface area (Å²) in [4.78, 5) is 0. The number of nitrogens with zero attached hydrogens (tertiary/aromatic N) is 1. The van der Waals surface area contributed by atoms with Gasteiger partial charge in [-0.2, -0.15) is 5.10 Å². The maximum atomic E-state index is 9.77. The molecular formula is C14H13N3OS. The number of thiocarbonyl (C=S) groups is 1. The number of phenols is 1. The summed E-state index contributed by atoms with van der Waals surface area (Å²) < 4.78 is 0. The van der Waals surface area contributed by atoms with E-state index in [-0.39, 0.29) is 10.9 Å². The van der Waals surface area contributed by atoms with Crippen molar-refractivity contribution in [1.82, 2.24) is 5.43 Å². The third kappa shape index (κ3) is 3.53. The van der Waals surface area contributed by atoms with Gasteiger partial charge in [-0.3, -0.25) is 5.43 Å². The van der Waals surface area contributed by atoms with Crippen molar-refractivity contribution in [2.45, 2.75) is 0 Å². The topological polar surface area (TPSA) is 70.6 Å². The average molecular weight is 271 g/mol. The molecule has 0 aliphatic heterocycles. The molecule has 0 aromatic heterocycles. The van der Waals surface area contributed by atoms with Crippen LogP contribution in [-0.4, -0.2) is 16.4 Å². The predicted octanol–water partition coefficient (Wildman–Crippen LogP) is 2.23. The summed E-state index contributed by atoms with van der Waals surface area (Å²) in [5.41, 5.74) is 10.4. The fourth-order valence-corrected chi connectivity index (χ4v) is 1.69. The summed E-state index contributed by atoms with van der Waals surface area (Å²) >= 11 is 4.64. The molecule has 0 radical (unpaired) electrons. The highest BCUT2D eigenvalue weighted by Crippen LogP contribution is 2.28. The molecule has 0 saturated carbocycles. The first-order chi connectivity index (χ1) is 9.16. The lowest BCUT2D eigenvalue weighted by Crippen LogP contribution is -2.23. The molecule has 2 aromatic rings. The van der Waals surface area contributed by atoms with Gasteiger partial charge in [0.2, 0.25) is 0 Å². The zero-order valence-electron chi connectivity index (χ0n) is 10.1. The van der Waals surface area contributed by atoms with Crippen LogP contribution < -0.4 is 11.2 Å². The molecule has 0 amide bonds. The van der Waals surface area contributed by atoms with E-state index >= 15 is 0 Å². The summed E-state index contributed by atoms with van der Waals surface area (Å²) in [6.45, 7) is 0. The first-order valence-electron chi connectivity index (χ1n) is 5.64. The quantitative estimate of drug-likeness (QED) is 0.455. The molecule has 0 aliphatic carbocycles. The Balaban J connectivity index is 2.17. The first kappa shape index (κ1) is 13.0. The molecule has 0 saturated heterocycles. The molecule has 0 bridgehead atoms. The van der Waals surface area contributed by atoms with Gasteiger partial charge in [0, 0.05) is 5.56 Å². The number of hydrazone groups is 1. The lowest BCUT2D eigenvalue weighted by atomic mass is 10.0. The van der Waals surface area contributed by atoms with Crippen molar-refractivity contribution in [3.63, 3.8) is 0 Å².